The number of nitrogens with zero attached hydrogens (tertiary/aromatic N) is 1. The molecule has 1 aromatic heterocycles. The predicted molar refractivity (Wildman–Crippen MR) is 57.5 cm³/mol. The second-order valence-electron chi connectivity index (χ2n) is 3.53. The molecule has 66 valence electrons. The van der Waals surface area contributed by atoms with Crippen molar-refractivity contribution < 1.29 is 0 Å². The molecular formula is C9H12BrNS. The summed E-state index contributed by atoms with van der Waals surface area (Å²) in [5, 5.41) is 1.07. The first-order valence-corrected chi connectivity index (χ1v) is 5.39. The summed E-state index contributed by atoms with van der Waals surface area (Å²) in [5.74, 6) is 0. The van der Waals surface area contributed by atoms with Crippen LogP contribution in [0.1, 0.15) is 20.8 Å². The minimum absolute atomic E-state index is 0.237. The van der Waals surface area contributed by atoms with Gasteiger partial charge in [-0.15, -0.1) is 11.8 Å². The molecule has 1 rings (SSSR count). The molecule has 0 N–H and O–H groups in total. The first-order valence-electron chi connectivity index (χ1n) is 3.78. The third kappa shape index (κ3) is 3.59. The van der Waals surface area contributed by atoms with E-state index in [9.17, 15) is 0 Å². The standard InChI is InChI=1S/C9H12BrNS/c1-9(2,3)12-8-5-4-7(10)6-11-8/h4-6H,1-3H3. The highest BCUT2D eigenvalue weighted by Crippen LogP contribution is 2.30. The Hall–Kier alpha value is -0.0200. The highest BCUT2D eigenvalue weighted by molar-refractivity contribution is 9.10. The van der Waals surface area contributed by atoms with Crippen LogP contribution in [-0.2, 0) is 0 Å². The number of rotatable bonds is 1. The van der Waals surface area contributed by atoms with Crippen LogP contribution in [0.15, 0.2) is 27.8 Å². The summed E-state index contributed by atoms with van der Waals surface area (Å²) in [4.78, 5) is 4.28. The third-order valence-electron chi connectivity index (χ3n) is 1.11. The van der Waals surface area contributed by atoms with Crippen LogP contribution in [0.4, 0.5) is 0 Å². The lowest BCUT2D eigenvalue weighted by atomic mass is 10.3. The number of aromatic nitrogens is 1. The topological polar surface area (TPSA) is 12.9 Å². The van der Waals surface area contributed by atoms with E-state index in [1.807, 2.05) is 18.3 Å². The van der Waals surface area contributed by atoms with E-state index in [1.165, 1.54) is 0 Å². The fourth-order valence-electron chi connectivity index (χ4n) is 0.736. The fourth-order valence-corrected chi connectivity index (χ4v) is 1.84. The highest BCUT2D eigenvalue weighted by atomic mass is 79.9. The molecular weight excluding hydrogens is 234 g/mol. The average molecular weight is 246 g/mol. The van der Waals surface area contributed by atoms with Crippen LogP contribution in [0.25, 0.3) is 0 Å². The predicted octanol–water partition coefficient (Wildman–Crippen LogP) is 3.73. The summed E-state index contributed by atoms with van der Waals surface area (Å²) in [5.41, 5.74) is 0. The van der Waals surface area contributed by atoms with Gasteiger partial charge in [-0.1, -0.05) is 20.8 Å². The van der Waals surface area contributed by atoms with E-state index in [2.05, 4.69) is 41.7 Å². The first-order chi connectivity index (χ1) is 5.47. The lowest BCUT2D eigenvalue weighted by Crippen LogP contribution is -2.06. The molecule has 0 amide bonds. The molecule has 0 aliphatic heterocycles. The van der Waals surface area contributed by atoms with Crippen LogP contribution in [0, 0.1) is 0 Å². The van der Waals surface area contributed by atoms with E-state index in [0.29, 0.717) is 0 Å². The van der Waals surface area contributed by atoms with Crippen molar-refractivity contribution in [2.24, 2.45) is 0 Å². The van der Waals surface area contributed by atoms with Crippen molar-refractivity contribution in [2.45, 2.75) is 30.5 Å². The van der Waals surface area contributed by atoms with Crippen LogP contribution in [0.5, 0.6) is 0 Å². The summed E-state index contributed by atoms with van der Waals surface area (Å²) in [6.07, 6.45) is 1.83. The van der Waals surface area contributed by atoms with Crippen molar-refractivity contribution in [3.8, 4) is 0 Å². The van der Waals surface area contributed by atoms with Gasteiger partial charge in [0, 0.05) is 15.4 Å². The maximum atomic E-state index is 4.28. The Morgan fingerprint density at radius 3 is 2.42 bits per heavy atom. The minimum atomic E-state index is 0.237. The molecule has 1 aromatic rings. The summed E-state index contributed by atoms with van der Waals surface area (Å²) < 4.78 is 1.27. The Bertz CT molecular complexity index is 250. The number of hydrogen-bond donors (Lipinski definition) is 0. The van der Waals surface area contributed by atoms with Gasteiger partial charge in [-0.05, 0) is 28.1 Å². The molecule has 0 atom stereocenters. The average Bonchev–Trinajstić information content (AvgIpc) is 1.91. The molecule has 0 aliphatic carbocycles. The van der Waals surface area contributed by atoms with Gasteiger partial charge in [0.05, 0.1) is 5.03 Å². The Balaban J connectivity index is 2.71. The van der Waals surface area contributed by atoms with Crippen LogP contribution < -0.4 is 0 Å². The number of pyridine rings is 1. The quantitative estimate of drug-likeness (QED) is 0.700. The van der Waals surface area contributed by atoms with E-state index in [4.69, 9.17) is 0 Å². The first kappa shape index (κ1) is 10.1. The van der Waals surface area contributed by atoms with Gasteiger partial charge in [-0.3, -0.25) is 0 Å². The van der Waals surface area contributed by atoms with Crippen molar-refractivity contribution in [3.63, 3.8) is 0 Å². The van der Waals surface area contributed by atoms with Crippen molar-refractivity contribution >= 4 is 27.7 Å². The lowest BCUT2D eigenvalue weighted by Gasteiger charge is -2.16. The molecule has 1 heterocycles. The van der Waals surface area contributed by atoms with Gasteiger partial charge in [0.15, 0.2) is 0 Å². The SMILES string of the molecule is CC(C)(C)Sc1ccc(Br)cn1. The molecule has 0 aromatic carbocycles. The van der Waals surface area contributed by atoms with E-state index in [-0.39, 0.29) is 4.75 Å². The highest BCUT2D eigenvalue weighted by Gasteiger charge is 2.12. The van der Waals surface area contributed by atoms with Crippen LogP contribution in [0.2, 0.25) is 0 Å². The molecule has 1 nitrogen and oxygen atoms in total. The molecule has 12 heavy (non-hydrogen) atoms. The molecule has 0 saturated carbocycles. The Kier molecular flexibility index (Phi) is 3.18. The maximum Gasteiger partial charge on any atom is 0.0965 e. The minimum Gasteiger partial charge on any atom is -0.249 e. The molecule has 0 saturated heterocycles. The van der Waals surface area contributed by atoms with Crippen molar-refractivity contribution in [2.75, 3.05) is 0 Å². The van der Waals surface area contributed by atoms with Gasteiger partial charge in [0.1, 0.15) is 0 Å². The van der Waals surface area contributed by atoms with Gasteiger partial charge in [0.25, 0.3) is 0 Å². The van der Waals surface area contributed by atoms with Crippen molar-refractivity contribution in [1.29, 1.82) is 0 Å². The van der Waals surface area contributed by atoms with Gasteiger partial charge in [-0.2, -0.15) is 0 Å². The molecule has 3 heteroatoms. The van der Waals surface area contributed by atoms with Crippen LogP contribution in [0.3, 0.4) is 0 Å². The van der Waals surface area contributed by atoms with Gasteiger partial charge < -0.3 is 0 Å². The monoisotopic (exact) mass is 245 g/mol. The van der Waals surface area contributed by atoms with Crippen molar-refractivity contribution in [3.05, 3.63) is 22.8 Å². The molecule has 0 aliphatic rings. The third-order valence-corrected chi connectivity index (χ3v) is 2.64. The molecule has 0 unspecified atom stereocenters. The number of thioether (sulfide) groups is 1. The summed E-state index contributed by atoms with van der Waals surface area (Å²) >= 11 is 5.13. The number of hydrogen-bond acceptors (Lipinski definition) is 2. The smallest absolute Gasteiger partial charge is 0.0965 e. The molecule has 0 bridgehead atoms. The summed E-state index contributed by atoms with van der Waals surface area (Å²) in [7, 11) is 0. The molecule has 0 radical (unpaired) electrons. The largest absolute Gasteiger partial charge is 0.249 e. The Labute approximate surface area is 86.1 Å². The maximum absolute atomic E-state index is 4.28. The Morgan fingerprint density at radius 2 is 2.00 bits per heavy atom. The summed E-state index contributed by atoms with van der Waals surface area (Å²) in [6.45, 7) is 6.55. The van der Waals surface area contributed by atoms with E-state index >= 15 is 0 Å². The van der Waals surface area contributed by atoms with Gasteiger partial charge in [0.2, 0.25) is 0 Å². The van der Waals surface area contributed by atoms with E-state index < -0.39 is 0 Å². The van der Waals surface area contributed by atoms with Crippen molar-refractivity contribution in [1.82, 2.24) is 4.98 Å². The second-order valence-corrected chi connectivity index (χ2v) is 6.29. The zero-order chi connectivity index (χ0) is 9.19. The van der Waals surface area contributed by atoms with E-state index in [0.717, 1.165) is 9.50 Å². The molecule has 0 spiro atoms. The van der Waals surface area contributed by atoms with Gasteiger partial charge >= 0.3 is 0 Å². The zero-order valence-corrected chi connectivity index (χ0v) is 9.87. The van der Waals surface area contributed by atoms with E-state index in [1.54, 1.807) is 11.8 Å². The van der Waals surface area contributed by atoms with Gasteiger partial charge in [-0.25, -0.2) is 4.98 Å². The van der Waals surface area contributed by atoms with Crippen LogP contribution >= 0.6 is 27.7 Å². The second kappa shape index (κ2) is 3.79. The Morgan fingerprint density at radius 1 is 1.33 bits per heavy atom. The zero-order valence-electron chi connectivity index (χ0n) is 7.47. The molecule has 0 fully saturated rings. The fraction of sp³-hybridized carbons (Fsp3) is 0.444. The lowest BCUT2D eigenvalue weighted by molar-refractivity contribution is 0.799. The summed E-state index contributed by atoms with van der Waals surface area (Å²) in [6, 6.07) is 4.04. The normalized spacial score (nSPS) is 11.7. The van der Waals surface area contributed by atoms with Crippen LogP contribution in [-0.4, -0.2) is 9.73 Å². The number of halogens is 1.